The highest BCUT2D eigenvalue weighted by Gasteiger charge is 2.30. The Morgan fingerprint density at radius 3 is 2.77 bits per heavy atom. The van der Waals surface area contributed by atoms with Gasteiger partial charge in [0.15, 0.2) is 0 Å². The van der Waals surface area contributed by atoms with Crippen molar-refractivity contribution in [2.45, 2.75) is 31.8 Å². The van der Waals surface area contributed by atoms with Gasteiger partial charge < -0.3 is 4.90 Å². The third kappa shape index (κ3) is 2.50. The third-order valence-electron chi connectivity index (χ3n) is 4.26. The van der Waals surface area contributed by atoms with E-state index in [4.69, 9.17) is 23.2 Å². The summed E-state index contributed by atoms with van der Waals surface area (Å²) in [6.45, 7) is 1.94. The lowest BCUT2D eigenvalue weighted by atomic mass is 10.1. The molecule has 1 aliphatic carbocycles. The van der Waals surface area contributed by atoms with Gasteiger partial charge in [0.25, 0.3) is 5.91 Å². The second kappa shape index (κ2) is 5.28. The van der Waals surface area contributed by atoms with E-state index in [-0.39, 0.29) is 5.91 Å². The molecule has 1 aromatic carbocycles. The van der Waals surface area contributed by atoms with Crippen molar-refractivity contribution in [3.63, 3.8) is 0 Å². The number of fused-ring (bicyclic) bond motifs is 1. The lowest BCUT2D eigenvalue weighted by Gasteiger charge is -2.28. The molecule has 6 heteroatoms. The van der Waals surface area contributed by atoms with Gasteiger partial charge >= 0.3 is 0 Å². The minimum absolute atomic E-state index is 0.0760. The molecule has 114 valence electrons. The van der Waals surface area contributed by atoms with Gasteiger partial charge in [0.2, 0.25) is 0 Å². The van der Waals surface area contributed by atoms with Gasteiger partial charge in [0.1, 0.15) is 0 Å². The summed E-state index contributed by atoms with van der Waals surface area (Å²) in [5.41, 5.74) is 2.73. The molecule has 0 atom stereocenters. The molecule has 1 aliphatic heterocycles. The van der Waals surface area contributed by atoms with Crippen LogP contribution in [0.3, 0.4) is 0 Å². The van der Waals surface area contributed by atoms with E-state index in [2.05, 4.69) is 11.2 Å². The number of benzene rings is 1. The van der Waals surface area contributed by atoms with Gasteiger partial charge in [0.05, 0.1) is 35.1 Å². The molecule has 4 nitrogen and oxygen atoms in total. The maximum absolute atomic E-state index is 12.7. The van der Waals surface area contributed by atoms with E-state index in [1.54, 1.807) is 18.2 Å². The molecule has 0 N–H and O–H groups in total. The molecule has 1 fully saturated rings. The van der Waals surface area contributed by atoms with Gasteiger partial charge in [-0.15, -0.1) is 0 Å². The topological polar surface area (TPSA) is 38.1 Å². The highest BCUT2D eigenvalue weighted by atomic mass is 35.5. The fourth-order valence-corrected chi connectivity index (χ4v) is 3.24. The van der Waals surface area contributed by atoms with Crippen LogP contribution < -0.4 is 0 Å². The van der Waals surface area contributed by atoms with Crippen molar-refractivity contribution in [1.82, 2.24) is 14.7 Å². The van der Waals surface area contributed by atoms with Crippen molar-refractivity contribution in [3.05, 3.63) is 51.3 Å². The van der Waals surface area contributed by atoms with Crippen LogP contribution in [0.25, 0.3) is 0 Å². The second-order valence-corrected chi connectivity index (χ2v) is 6.75. The monoisotopic (exact) mass is 335 g/mol. The van der Waals surface area contributed by atoms with Crippen LogP contribution in [-0.4, -0.2) is 27.1 Å². The number of halogens is 2. The zero-order chi connectivity index (χ0) is 15.3. The molecule has 1 aromatic heterocycles. The standard InChI is InChI=1S/C16H15Cl2N3O/c17-11-3-4-14(18)13(7-11)16(22)20-5-6-21-12(9-20)8-15(19-21)10-1-2-10/h3-4,7-8,10H,1-2,5-6,9H2. The molecule has 1 saturated carbocycles. The Bertz CT molecular complexity index is 752. The lowest BCUT2D eigenvalue weighted by molar-refractivity contribution is 0.0706. The number of hydrogen-bond acceptors (Lipinski definition) is 2. The highest BCUT2D eigenvalue weighted by Crippen LogP contribution is 2.39. The molecule has 0 saturated heterocycles. The van der Waals surface area contributed by atoms with Gasteiger partial charge in [-0.25, -0.2) is 0 Å². The van der Waals surface area contributed by atoms with E-state index in [9.17, 15) is 4.79 Å². The van der Waals surface area contributed by atoms with Crippen LogP contribution in [-0.2, 0) is 13.1 Å². The van der Waals surface area contributed by atoms with Crippen LogP contribution in [0, 0.1) is 0 Å². The molecule has 0 spiro atoms. The number of rotatable bonds is 2. The molecule has 2 heterocycles. The molecular weight excluding hydrogens is 321 g/mol. The van der Waals surface area contributed by atoms with Gasteiger partial charge in [-0.2, -0.15) is 5.10 Å². The fourth-order valence-electron chi connectivity index (χ4n) is 2.87. The first kappa shape index (κ1) is 14.1. The summed E-state index contributed by atoms with van der Waals surface area (Å²) in [7, 11) is 0. The van der Waals surface area contributed by atoms with Crippen LogP contribution in [0.1, 0.15) is 40.5 Å². The minimum atomic E-state index is -0.0760. The summed E-state index contributed by atoms with van der Waals surface area (Å²) >= 11 is 12.1. The Morgan fingerprint density at radius 1 is 1.18 bits per heavy atom. The first-order chi connectivity index (χ1) is 10.6. The van der Waals surface area contributed by atoms with Crippen molar-refractivity contribution in [2.24, 2.45) is 0 Å². The van der Waals surface area contributed by atoms with Gasteiger partial charge in [-0.3, -0.25) is 9.48 Å². The minimum Gasteiger partial charge on any atom is -0.331 e. The van der Waals surface area contributed by atoms with E-state index in [0.717, 1.165) is 12.2 Å². The molecule has 22 heavy (non-hydrogen) atoms. The van der Waals surface area contributed by atoms with E-state index < -0.39 is 0 Å². The average Bonchev–Trinajstić information content (AvgIpc) is 3.28. The Morgan fingerprint density at radius 2 is 2.00 bits per heavy atom. The first-order valence-electron chi connectivity index (χ1n) is 7.43. The fraction of sp³-hybridized carbons (Fsp3) is 0.375. The smallest absolute Gasteiger partial charge is 0.255 e. The number of aromatic nitrogens is 2. The largest absolute Gasteiger partial charge is 0.331 e. The first-order valence-corrected chi connectivity index (χ1v) is 8.18. The molecule has 0 radical (unpaired) electrons. The predicted octanol–water partition coefficient (Wildman–Crippen LogP) is 3.72. The number of hydrogen-bond donors (Lipinski definition) is 0. The summed E-state index contributed by atoms with van der Waals surface area (Å²) in [5, 5.41) is 5.60. The predicted molar refractivity (Wildman–Crippen MR) is 85.4 cm³/mol. The maximum atomic E-state index is 12.7. The molecule has 0 unspecified atom stereocenters. The number of carbonyl (C=O) groups excluding carboxylic acids is 1. The van der Waals surface area contributed by atoms with Crippen molar-refractivity contribution >= 4 is 29.1 Å². The number of carbonyl (C=O) groups is 1. The van der Waals surface area contributed by atoms with Crippen molar-refractivity contribution in [3.8, 4) is 0 Å². The zero-order valence-corrected chi connectivity index (χ0v) is 13.4. The summed E-state index contributed by atoms with van der Waals surface area (Å²) in [6.07, 6.45) is 2.47. The summed E-state index contributed by atoms with van der Waals surface area (Å²) < 4.78 is 2.02. The van der Waals surface area contributed by atoms with Gasteiger partial charge in [-0.05, 0) is 37.1 Å². The van der Waals surface area contributed by atoms with Crippen LogP contribution >= 0.6 is 23.2 Å². The lowest BCUT2D eigenvalue weighted by Crippen LogP contribution is -2.38. The van der Waals surface area contributed by atoms with Crippen molar-refractivity contribution in [2.75, 3.05) is 6.54 Å². The van der Waals surface area contributed by atoms with Crippen LogP contribution in [0.4, 0.5) is 0 Å². The van der Waals surface area contributed by atoms with Crippen molar-refractivity contribution < 1.29 is 4.79 Å². The molecule has 1 amide bonds. The SMILES string of the molecule is O=C(c1cc(Cl)ccc1Cl)N1CCn2nc(C3CC3)cc2C1. The number of nitrogens with zero attached hydrogens (tertiary/aromatic N) is 3. The molecule has 4 rings (SSSR count). The van der Waals surface area contributed by atoms with E-state index >= 15 is 0 Å². The molecule has 0 bridgehead atoms. The van der Waals surface area contributed by atoms with Crippen molar-refractivity contribution in [1.29, 1.82) is 0 Å². The van der Waals surface area contributed by atoms with Crippen LogP contribution in [0.2, 0.25) is 10.0 Å². The second-order valence-electron chi connectivity index (χ2n) is 5.91. The quantitative estimate of drug-likeness (QED) is 0.838. The van der Waals surface area contributed by atoms with E-state index in [1.165, 1.54) is 18.5 Å². The maximum Gasteiger partial charge on any atom is 0.255 e. The van der Waals surface area contributed by atoms with E-state index in [1.807, 2.05) is 9.58 Å². The van der Waals surface area contributed by atoms with Gasteiger partial charge in [-0.1, -0.05) is 23.2 Å². The average molecular weight is 336 g/mol. The molecular formula is C16H15Cl2N3O. The number of amides is 1. The Balaban J connectivity index is 1.58. The summed E-state index contributed by atoms with van der Waals surface area (Å²) in [4.78, 5) is 14.5. The Labute approximate surface area is 138 Å². The summed E-state index contributed by atoms with van der Waals surface area (Å²) in [6, 6.07) is 7.12. The van der Waals surface area contributed by atoms with E-state index in [0.29, 0.717) is 34.6 Å². The Hall–Kier alpha value is -1.52. The van der Waals surface area contributed by atoms with Crippen LogP contribution in [0.15, 0.2) is 24.3 Å². The van der Waals surface area contributed by atoms with Gasteiger partial charge in [0, 0.05) is 17.5 Å². The Kier molecular flexibility index (Phi) is 3.39. The zero-order valence-electron chi connectivity index (χ0n) is 11.9. The van der Waals surface area contributed by atoms with Crippen LogP contribution in [0.5, 0.6) is 0 Å². The third-order valence-corrected chi connectivity index (χ3v) is 4.82. The highest BCUT2D eigenvalue weighted by molar-refractivity contribution is 6.35. The molecule has 2 aromatic rings. The molecule has 2 aliphatic rings. The summed E-state index contributed by atoms with van der Waals surface area (Å²) in [5.74, 6) is 0.553. The normalized spacial score (nSPS) is 17.5.